The van der Waals surface area contributed by atoms with E-state index < -0.39 is 5.82 Å². The molecule has 17 heavy (non-hydrogen) atoms. The van der Waals surface area contributed by atoms with Gasteiger partial charge in [0.15, 0.2) is 10.2 Å². The molecule has 7 heteroatoms. The third kappa shape index (κ3) is 2.75. The summed E-state index contributed by atoms with van der Waals surface area (Å²) in [4.78, 5) is 4.80. The van der Waals surface area contributed by atoms with Crippen molar-refractivity contribution in [3.8, 4) is 0 Å². The van der Waals surface area contributed by atoms with Gasteiger partial charge < -0.3 is 10.9 Å². The molecule has 0 amide bonds. The minimum atomic E-state index is -0.435. The van der Waals surface area contributed by atoms with E-state index in [2.05, 4.69) is 10.1 Å². The van der Waals surface area contributed by atoms with E-state index in [0.717, 1.165) is 4.34 Å². The zero-order valence-electron chi connectivity index (χ0n) is 8.50. The Morgan fingerprint density at radius 2 is 2.35 bits per heavy atom. The molecule has 0 fully saturated rings. The number of thiazole rings is 1. The lowest BCUT2D eigenvalue weighted by atomic mass is 10.2. The van der Waals surface area contributed by atoms with Crippen LogP contribution in [0.5, 0.6) is 0 Å². The molecule has 1 aromatic heterocycles. The van der Waals surface area contributed by atoms with Crippen LogP contribution in [0, 0.1) is 5.82 Å². The van der Waals surface area contributed by atoms with Crippen molar-refractivity contribution in [1.29, 1.82) is 0 Å². The molecule has 0 atom stereocenters. The molecule has 0 saturated heterocycles. The van der Waals surface area contributed by atoms with Gasteiger partial charge in [-0.3, -0.25) is 0 Å². The van der Waals surface area contributed by atoms with Crippen LogP contribution in [0.1, 0.15) is 5.56 Å². The van der Waals surface area contributed by atoms with E-state index in [1.54, 1.807) is 12.3 Å². The average molecular weight is 269 g/mol. The Morgan fingerprint density at radius 1 is 1.53 bits per heavy atom. The number of nitrogens with zero attached hydrogens (tertiary/aromatic N) is 2. The van der Waals surface area contributed by atoms with Gasteiger partial charge in [-0.05, 0) is 18.2 Å². The van der Waals surface area contributed by atoms with Crippen molar-refractivity contribution in [3.63, 3.8) is 0 Å². The maximum Gasteiger partial charge on any atom is 0.171 e. The van der Waals surface area contributed by atoms with E-state index in [4.69, 9.17) is 10.9 Å². The average Bonchev–Trinajstić information content (AvgIpc) is 2.83. The molecule has 0 radical (unpaired) electrons. The van der Waals surface area contributed by atoms with Gasteiger partial charge >= 0.3 is 0 Å². The SMILES string of the molecule is NC(=NO)c1cc(F)ccc1Sc1nccs1. The van der Waals surface area contributed by atoms with Crippen LogP contribution in [-0.4, -0.2) is 16.0 Å². The number of nitrogens with two attached hydrogens (primary N) is 1. The minimum Gasteiger partial charge on any atom is -0.409 e. The van der Waals surface area contributed by atoms with Crippen LogP contribution in [0.3, 0.4) is 0 Å². The maximum atomic E-state index is 13.1. The molecule has 0 saturated carbocycles. The Kier molecular flexibility index (Phi) is 3.60. The van der Waals surface area contributed by atoms with Crippen LogP contribution in [0.25, 0.3) is 0 Å². The number of hydrogen-bond donors (Lipinski definition) is 2. The molecule has 0 aliphatic carbocycles. The fraction of sp³-hybridized carbons (Fsp3) is 0. The van der Waals surface area contributed by atoms with Crippen LogP contribution >= 0.6 is 23.1 Å². The third-order valence-electron chi connectivity index (χ3n) is 1.93. The molecule has 2 rings (SSSR count). The lowest BCUT2D eigenvalue weighted by Gasteiger charge is -2.06. The zero-order valence-corrected chi connectivity index (χ0v) is 10.1. The van der Waals surface area contributed by atoms with Crippen molar-refractivity contribution in [1.82, 2.24) is 4.98 Å². The number of aromatic nitrogens is 1. The van der Waals surface area contributed by atoms with Crippen LogP contribution < -0.4 is 5.73 Å². The summed E-state index contributed by atoms with van der Waals surface area (Å²) in [7, 11) is 0. The molecule has 0 aliphatic rings. The van der Waals surface area contributed by atoms with Gasteiger partial charge in [0, 0.05) is 22.0 Å². The number of amidine groups is 1. The fourth-order valence-corrected chi connectivity index (χ4v) is 2.90. The Morgan fingerprint density at radius 3 is 3.00 bits per heavy atom. The zero-order chi connectivity index (χ0) is 12.3. The highest BCUT2D eigenvalue weighted by molar-refractivity contribution is 8.01. The first kappa shape index (κ1) is 11.9. The summed E-state index contributed by atoms with van der Waals surface area (Å²) in [5.41, 5.74) is 5.85. The monoisotopic (exact) mass is 269 g/mol. The van der Waals surface area contributed by atoms with Gasteiger partial charge in [0.1, 0.15) is 5.82 Å². The first-order valence-electron chi connectivity index (χ1n) is 4.55. The Bertz CT molecular complexity index is 542. The molecular formula is C10H8FN3OS2. The summed E-state index contributed by atoms with van der Waals surface area (Å²) in [6.07, 6.45) is 1.68. The van der Waals surface area contributed by atoms with Gasteiger partial charge in [-0.1, -0.05) is 16.9 Å². The number of hydrogen-bond acceptors (Lipinski definition) is 5. The minimum absolute atomic E-state index is 0.122. The number of benzene rings is 1. The van der Waals surface area contributed by atoms with Gasteiger partial charge in [-0.15, -0.1) is 11.3 Å². The van der Waals surface area contributed by atoms with Crippen molar-refractivity contribution >= 4 is 28.9 Å². The Hall–Kier alpha value is -1.60. The van der Waals surface area contributed by atoms with Gasteiger partial charge in [0.05, 0.1) is 0 Å². The van der Waals surface area contributed by atoms with Crippen LogP contribution in [0.2, 0.25) is 0 Å². The van der Waals surface area contributed by atoms with Crippen molar-refractivity contribution in [3.05, 3.63) is 41.2 Å². The molecule has 0 unspecified atom stereocenters. The van der Waals surface area contributed by atoms with Crippen LogP contribution in [0.15, 0.2) is 44.2 Å². The van der Waals surface area contributed by atoms with E-state index >= 15 is 0 Å². The summed E-state index contributed by atoms with van der Waals surface area (Å²) >= 11 is 2.81. The van der Waals surface area contributed by atoms with Crippen molar-refractivity contribution in [2.75, 3.05) is 0 Å². The van der Waals surface area contributed by atoms with E-state index in [-0.39, 0.29) is 5.84 Å². The number of halogens is 1. The van der Waals surface area contributed by atoms with Gasteiger partial charge in [0.2, 0.25) is 0 Å². The van der Waals surface area contributed by atoms with Crippen LogP contribution in [-0.2, 0) is 0 Å². The normalized spacial score (nSPS) is 11.7. The van der Waals surface area contributed by atoms with Crippen molar-refractivity contribution in [2.45, 2.75) is 9.24 Å². The standard InChI is InChI=1S/C10H8FN3OS2/c11-6-1-2-8(7(5-6)9(12)14-15)17-10-13-3-4-16-10/h1-5,15H,(H2,12,14). The van der Waals surface area contributed by atoms with Gasteiger partial charge in [0.25, 0.3) is 0 Å². The highest BCUT2D eigenvalue weighted by Crippen LogP contribution is 2.32. The topological polar surface area (TPSA) is 71.5 Å². The van der Waals surface area contributed by atoms with Gasteiger partial charge in [-0.25, -0.2) is 9.37 Å². The third-order valence-corrected chi connectivity index (χ3v) is 3.89. The number of oxime groups is 1. The summed E-state index contributed by atoms with van der Waals surface area (Å²) in [5, 5.41) is 13.4. The van der Waals surface area contributed by atoms with Crippen molar-refractivity contribution < 1.29 is 9.60 Å². The van der Waals surface area contributed by atoms with E-state index in [1.807, 2.05) is 5.38 Å². The number of rotatable bonds is 3. The van der Waals surface area contributed by atoms with E-state index in [9.17, 15) is 4.39 Å². The molecule has 3 N–H and O–H groups in total. The molecule has 0 bridgehead atoms. The lowest BCUT2D eigenvalue weighted by Crippen LogP contribution is -2.14. The second-order valence-corrected chi connectivity index (χ2v) is 5.21. The predicted molar refractivity (Wildman–Crippen MR) is 65.1 cm³/mol. The molecule has 0 spiro atoms. The molecule has 88 valence electrons. The van der Waals surface area contributed by atoms with Crippen molar-refractivity contribution in [2.24, 2.45) is 10.9 Å². The van der Waals surface area contributed by atoms with Gasteiger partial charge in [-0.2, -0.15) is 0 Å². The summed E-state index contributed by atoms with van der Waals surface area (Å²) < 4.78 is 13.9. The first-order chi connectivity index (χ1) is 8.20. The second-order valence-electron chi connectivity index (χ2n) is 3.03. The Balaban J connectivity index is 2.39. The molecular weight excluding hydrogens is 261 g/mol. The highest BCUT2D eigenvalue weighted by atomic mass is 32.2. The predicted octanol–water partition coefficient (Wildman–Crippen LogP) is 2.53. The summed E-state index contributed by atoms with van der Waals surface area (Å²) in [5.74, 6) is -0.557. The van der Waals surface area contributed by atoms with Crippen LogP contribution in [0.4, 0.5) is 4.39 Å². The molecule has 1 aromatic carbocycles. The highest BCUT2D eigenvalue weighted by Gasteiger charge is 2.11. The maximum absolute atomic E-state index is 13.1. The smallest absolute Gasteiger partial charge is 0.171 e. The summed E-state index contributed by atoms with van der Waals surface area (Å²) in [6.45, 7) is 0. The fourth-order valence-electron chi connectivity index (χ4n) is 1.20. The Labute approximate surface area is 105 Å². The summed E-state index contributed by atoms with van der Waals surface area (Å²) in [6, 6.07) is 4.13. The second kappa shape index (κ2) is 5.15. The molecule has 2 aromatic rings. The first-order valence-corrected chi connectivity index (χ1v) is 6.25. The molecule has 0 aliphatic heterocycles. The molecule has 1 heterocycles. The van der Waals surface area contributed by atoms with E-state index in [0.29, 0.717) is 10.5 Å². The quantitative estimate of drug-likeness (QED) is 0.389. The lowest BCUT2D eigenvalue weighted by molar-refractivity contribution is 0.318. The largest absolute Gasteiger partial charge is 0.409 e. The molecule has 4 nitrogen and oxygen atoms in total. The van der Waals surface area contributed by atoms with E-state index in [1.165, 1.54) is 35.2 Å².